The summed E-state index contributed by atoms with van der Waals surface area (Å²) in [6, 6.07) is 22.7. The normalized spacial score (nSPS) is 22.9. The van der Waals surface area contributed by atoms with E-state index < -0.39 is 16.9 Å². The van der Waals surface area contributed by atoms with Gasteiger partial charge in [-0.2, -0.15) is 5.26 Å². The molecule has 1 saturated heterocycles. The van der Waals surface area contributed by atoms with Crippen LogP contribution in [0.2, 0.25) is 0 Å². The maximum absolute atomic E-state index is 10.6. The molecule has 154 valence electrons. The highest BCUT2D eigenvalue weighted by Crippen LogP contribution is 2.38. The molecule has 0 aromatic heterocycles. The van der Waals surface area contributed by atoms with E-state index in [1.807, 2.05) is 60.7 Å². The first-order valence-corrected chi connectivity index (χ1v) is 10.6. The summed E-state index contributed by atoms with van der Waals surface area (Å²) in [7, 11) is 0. The Labute approximate surface area is 174 Å². The van der Waals surface area contributed by atoms with Gasteiger partial charge in [0.1, 0.15) is 5.41 Å². The van der Waals surface area contributed by atoms with Crippen LogP contribution in [0, 0.1) is 16.7 Å². The number of likely N-dealkylation sites (tertiary alicyclic amines) is 1. The maximum atomic E-state index is 10.6. The maximum Gasteiger partial charge on any atom is 0.108 e. The lowest BCUT2D eigenvalue weighted by molar-refractivity contribution is -0.0805. The molecule has 1 heterocycles. The molecule has 1 aliphatic rings. The highest BCUT2D eigenvalue weighted by molar-refractivity contribution is 5.45. The Balaban J connectivity index is 1.86. The van der Waals surface area contributed by atoms with Crippen molar-refractivity contribution in [3.8, 4) is 6.07 Å². The topological polar surface area (TPSA) is 67.5 Å². The van der Waals surface area contributed by atoms with E-state index >= 15 is 0 Å². The molecule has 0 radical (unpaired) electrons. The number of nitrogens with zero attached hydrogens (tertiary/aromatic N) is 2. The third-order valence-corrected chi connectivity index (χ3v) is 6.55. The molecule has 0 spiro atoms. The number of hydrogen-bond acceptors (Lipinski definition) is 4. The summed E-state index contributed by atoms with van der Waals surface area (Å²) < 4.78 is 0. The zero-order chi connectivity index (χ0) is 20.7. The molecule has 1 aliphatic heterocycles. The van der Waals surface area contributed by atoms with E-state index in [1.54, 1.807) is 0 Å². The smallest absolute Gasteiger partial charge is 0.108 e. The SMILES string of the molecule is CCC[C@@]1(CO)CN(CCC(C#N)(c2ccccc2)c2ccccc2)CC[C@H]1O. The summed E-state index contributed by atoms with van der Waals surface area (Å²) in [6.07, 6.45) is 2.61. The Bertz CT molecular complexity index is 763. The van der Waals surface area contributed by atoms with Gasteiger partial charge in [0, 0.05) is 25.0 Å². The molecule has 2 aromatic carbocycles. The fourth-order valence-corrected chi connectivity index (χ4v) is 4.82. The van der Waals surface area contributed by atoms with E-state index in [4.69, 9.17) is 0 Å². The monoisotopic (exact) mass is 392 g/mol. The quantitative estimate of drug-likeness (QED) is 0.718. The zero-order valence-electron chi connectivity index (χ0n) is 17.3. The van der Waals surface area contributed by atoms with Crippen molar-refractivity contribution < 1.29 is 10.2 Å². The van der Waals surface area contributed by atoms with Gasteiger partial charge < -0.3 is 15.1 Å². The molecule has 2 N–H and O–H groups in total. The summed E-state index contributed by atoms with van der Waals surface area (Å²) in [4.78, 5) is 2.32. The number of hydrogen-bond donors (Lipinski definition) is 2. The van der Waals surface area contributed by atoms with Crippen molar-refractivity contribution in [1.29, 1.82) is 5.26 Å². The Morgan fingerprint density at radius 2 is 1.69 bits per heavy atom. The molecule has 0 aliphatic carbocycles. The van der Waals surface area contributed by atoms with Crippen LogP contribution in [0.3, 0.4) is 0 Å². The first-order chi connectivity index (χ1) is 14.1. The molecule has 2 atom stereocenters. The Kier molecular flexibility index (Phi) is 7.08. The van der Waals surface area contributed by atoms with Crippen LogP contribution >= 0.6 is 0 Å². The first kappa shape index (κ1) is 21.5. The zero-order valence-corrected chi connectivity index (χ0v) is 17.3. The van der Waals surface area contributed by atoms with Gasteiger partial charge in [-0.05, 0) is 30.4 Å². The van der Waals surface area contributed by atoms with Gasteiger partial charge in [-0.3, -0.25) is 0 Å². The van der Waals surface area contributed by atoms with E-state index in [0.29, 0.717) is 19.4 Å². The molecule has 0 unspecified atom stereocenters. The summed E-state index contributed by atoms with van der Waals surface area (Å²) in [6.45, 7) is 4.30. The second-order valence-corrected chi connectivity index (χ2v) is 8.35. The van der Waals surface area contributed by atoms with Crippen LogP contribution in [-0.2, 0) is 5.41 Å². The van der Waals surface area contributed by atoms with E-state index in [2.05, 4.69) is 17.9 Å². The molecule has 0 saturated carbocycles. The number of nitriles is 1. The van der Waals surface area contributed by atoms with E-state index in [9.17, 15) is 15.5 Å². The fraction of sp³-hybridized carbons (Fsp3) is 0.480. The molecule has 29 heavy (non-hydrogen) atoms. The molecule has 4 heteroatoms. The van der Waals surface area contributed by atoms with Crippen LogP contribution in [0.5, 0.6) is 0 Å². The van der Waals surface area contributed by atoms with Gasteiger partial charge in [-0.15, -0.1) is 0 Å². The predicted octanol–water partition coefficient (Wildman–Crippen LogP) is 3.73. The van der Waals surface area contributed by atoms with E-state index in [1.165, 1.54) is 0 Å². The third kappa shape index (κ3) is 4.38. The lowest BCUT2D eigenvalue weighted by atomic mass is 9.72. The lowest BCUT2D eigenvalue weighted by Crippen LogP contribution is -2.54. The van der Waals surface area contributed by atoms with Crippen LogP contribution in [0.25, 0.3) is 0 Å². The van der Waals surface area contributed by atoms with Gasteiger partial charge >= 0.3 is 0 Å². The lowest BCUT2D eigenvalue weighted by Gasteiger charge is -2.46. The average molecular weight is 393 g/mol. The van der Waals surface area contributed by atoms with Crippen LogP contribution in [0.1, 0.15) is 43.7 Å². The summed E-state index contributed by atoms with van der Waals surface area (Å²) in [5, 5.41) is 31.0. The third-order valence-electron chi connectivity index (χ3n) is 6.55. The van der Waals surface area contributed by atoms with Gasteiger partial charge in [-0.25, -0.2) is 0 Å². The standard InChI is InChI=1S/C25H32N2O2/c1-2-14-24(20-28)19-27(16-13-23(24)29)17-15-25(18-26,21-9-5-3-6-10-21)22-11-7-4-8-12-22/h3-12,23,28-29H,2,13-17,19-20H2,1H3/t23-,24+/m1/s1. The fourth-order valence-electron chi connectivity index (χ4n) is 4.82. The highest BCUT2D eigenvalue weighted by atomic mass is 16.3. The van der Waals surface area contributed by atoms with Crippen molar-refractivity contribution in [3.05, 3.63) is 71.8 Å². The summed E-state index contributed by atoms with van der Waals surface area (Å²) in [5.41, 5.74) is 0.841. The van der Waals surface area contributed by atoms with Crippen molar-refractivity contribution in [3.63, 3.8) is 0 Å². The molecule has 1 fully saturated rings. The first-order valence-electron chi connectivity index (χ1n) is 10.6. The summed E-state index contributed by atoms with van der Waals surface area (Å²) in [5.74, 6) is 0. The van der Waals surface area contributed by atoms with Crippen LogP contribution in [-0.4, -0.2) is 47.5 Å². The molecule has 0 amide bonds. The Hall–Kier alpha value is -2.19. The largest absolute Gasteiger partial charge is 0.396 e. The van der Waals surface area contributed by atoms with Crippen molar-refractivity contribution in [2.75, 3.05) is 26.2 Å². The second kappa shape index (κ2) is 9.54. The van der Waals surface area contributed by atoms with Crippen molar-refractivity contribution in [2.45, 2.75) is 44.1 Å². The van der Waals surface area contributed by atoms with Crippen molar-refractivity contribution in [1.82, 2.24) is 4.90 Å². The van der Waals surface area contributed by atoms with E-state index in [0.717, 1.165) is 37.1 Å². The second-order valence-electron chi connectivity index (χ2n) is 8.35. The molecule has 3 rings (SSSR count). The minimum Gasteiger partial charge on any atom is -0.396 e. The molecule has 2 aromatic rings. The van der Waals surface area contributed by atoms with Crippen LogP contribution in [0.15, 0.2) is 60.7 Å². The molecular weight excluding hydrogens is 360 g/mol. The van der Waals surface area contributed by atoms with Gasteiger partial charge in [-0.1, -0.05) is 74.0 Å². The van der Waals surface area contributed by atoms with Crippen LogP contribution in [0.4, 0.5) is 0 Å². The number of piperidine rings is 1. The Morgan fingerprint density at radius 3 is 2.17 bits per heavy atom. The Morgan fingerprint density at radius 1 is 1.10 bits per heavy atom. The van der Waals surface area contributed by atoms with Gasteiger partial charge in [0.25, 0.3) is 0 Å². The summed E-state index contributed by atoms with van der Waals surface area (Å²) >= 11 is 0. The van der Waals surface area contributed by atoms with Gasteiger partial charge in [0.2, 0.25) is 0 Å². The highest BCUT2D eigenvalue weighted by Gasteiger charge is 2.42. The number of aliphatic hydroxyl groups excluding tert-OH is 2. The average Bonchev–Trinajstić information content (AvgIpc) is 2.78. The predicted molar refractivity (Wildman–Crippen MR) is 115 cm³/mol. The molecular formula is C25H32N2O2. The van der Waals surface area contributed by atoms with Crippen molar-refractivity contribution >= 4 is 0 Å². The van der Waals surface area contributed by atoms with Crippen molar-refractivity contribution in [2.24, 2.45) is 5.41 Å². The minimum atomic E-state index is -0.717. The van der Waals surface area contributed by atoms with Gasteiger partial charge in [0.05, 0.1) is 18.8 Å². The molecule has 0 bridgehead atoms. The minimum absolute atomic E-state index is 0.000724. The number of benzene rings is 2. The number of rotatable bonds is 8. The number of aliphatic hydroxyl groups is 2. The molecule has 4 nitrogen and oxygen atoms in total. The van der Waals surface area contributed by atoms with E-state index in [-0.39, 0.29) is 6.61 Å². The van der Waals surface area contributed by atoms with Crippen LogP contribution < -0.4 is 0 Å². The van der Waals surface area contributed by atoms with Gasteiger partial charge in [0.15, 0.2) is 0 Å².